The molecule has 2 unspecified atom stereocenters. The number of hydrogen-bond donors (Lipinski definition) is 1. The Morgan fingerprint density at radius 2 is 2.00 bits per heavy atom. The van der Waals surface area contributed by atoms with Crippen LogP contribution < -0.4 is 5.32 Å². The fraction of sp³-hybridized carbons (Fsp3) is 0.923. The molecule has 1 aliphatic heterocycles. The van der Waals surface area contributed by atoms with Gasteiger partial charge in [-0.2, -0.15) is 0 Å². The second-order valence-electron chi connectivity index (χ2n) is 6.30. The van der Waals surface area contributed by atoms with E-state index < -0.39 is 11.8 Å². The Balaban J connectivity index is 2.58. The zero-order valence-corrected chi connectivity index (χ0v) is 11.7. The van der Waals surface area contributed by atoms with Gasteiger partial charge in [0.1, 0.15) is 0 Å². The molecule has 1 saturated heterocycles. The van der Waals surface area contributed by atoms with E-state index in [1.165, 1.54) is 0 Å². The average molecular weight is 262 g/mol. The lowest BCUT2D eigenvalue weighted by Gasteiger charge is -2.39. The lowest BCUT2D eigenvalue weighted by Crippen LogP contribution is -2.53. The van der Waals surface area contributed by atoms with Crippen LogP contribution in [-0.4, -0.2) is 42.9 Å². The molecule has 0 aliphatic carbocycles. The van der Waals surface area contributed by atoms with Crippen LogP contribution in [0.15, 0.2) is 0 Å². The van der Waals surface area contributed by atoms with Crippen molar-refractivity contribution in [1.82, 2.24) is 10.2 Å². The molecule has 0 saturated carbocycles. The van der Waals surface area contributed by atoms with Crippen LogP contribution in [0.4, 0.5) is 8.78 Å². The fourth-order valence-electron chi connectivity index (χ4n) is 2.40. The molecule has 1 heterocycles. The number of halogens is 2. The van der Waals surface area contributed by atoms with E-state index in [0.29, 0.717) is 12.5 Å². The van der Waals surface area contributed by atoms with E-state index in [1.54, 1.807) is 4.90 Å². The summed E-state index contributed by atoms with van der Waals surface area (Å²) < 4.78 is 24.4. The maximum Gasteiger partial charge on any atom is 0.250 e. The number of carbonyl (C=O) groups excluding carboxylic acids is 1. The molecule has 18 heavy (non-hydrogen) atoms. The van der Waals surface area contributed by atoms with E-state index in [9.17, 15) is 13.6 Å². The Kier molecular flexibility index (Phi) is 5.08. The fourth-order valence-corrected chi connectivity index (χ4v) is 2.40. The first-order valence-electron chi connectivity index (χ1n) is 6.51. The summed E-state index contributed by atoms with van der Waals surface area (Å²) in [6.45, 7) is 8.67. The molecular formula is C13H24F2N2O. The summed E-state index contributed by atoms with van der Waals surface area (Å²) in [5.74, 6) is 0.443. The van der Waals surface area contributed by atoms with Crippen LogP contribution in [0.3, 0.4) is 0 Å². The molecule has 1 amide bonds. The lowest BCUT2D eigenvalue weighted by molar-refractivity contribution is -0.141. The van der Waals surface area contributed by atoms with Gasteiger partial charge in [0.15, 0.2) is 0 Å². The zero-order valence-electron chi connectivity index (χ0n) is 11.7. The Hall–Kier alpha value is -0.710. The predicted octanol–water partition coefficient (Wildman–Crippen LogP) is 2.12. The highest BCUT2D eigenvalue weighted by Crippen LogP contribution is 2.23. The third kappa shape index (κ3) is 4.52. The third-order valence-electron chi connectivity index (χ3n) is 3.15. The Labute approximate surface area is 108 Å². The van der Waals surface area contributed by atoms with Crippen molar-refractivity contribution in [2.75, 3.05) is 19.6 Å². The largest absolute Gasteiger partial charge is 0.340 e. The van der Waals surface area contributed by atoms with Gasteiger partial charge in [0.2, 0.25) is 5.91 Å². The first kappa shape index (κ1) is 15.3. The molecule has 3 nitrogen and oxygen atoms in total. The third-order valence-corrected chi connectivity index (χ3v) is 3.15. The Morgan fingerprint density at radius 3 is 2.50 bits per heavy atom. The number of carbonyl (C=O) groups is 1. The topological polar surface area (TPSA) is 32.3 Å². The Bertz CT molecular complexity index is 289. The summed E-state index contributed by atoms with van der Waals surface area (Å²) in [5, 5.41) is 2.84. The summed E-state index contributed by atoms with van der Waals surface area (Å²) in [7, 11) is 0. The van der Waals surface area contributed by atoms with Crippen LogP contribution in [-0.2, 0) is 4.79 Å². The minimum Gasteiger partial charge on any atom is -0.340 e. The zero-order chi connectivity index (χ0) is 13.9. The van der Waals surface area contributed by atoms with E-state index >= 15 is 0 Å². The average Bonchev–Trinajstić information content (AvgIpc) is 2.23. The molecule has 106 valence electrons. The van der Waals surface area contributed by atoms with Crippen molar-refractivity contribution in [3.05, 3.63) is 0 Å². The van der Waals surface area contributed by atoms with Crippen LogP contribution in [0, 0.1) is 11.3 Å². The standard InChI is InChI=1S/C13H24F2N2O/c1-9-5-10(16-6-11(14)15)8-17(7-9)12(18)13(2,3)4/h9-11,16H,5-8H2,1-4H3. The molecule has 1 N–H and O–H groups in total. The molecular weight excluding hydrogens is 238 g/mol. The van der Waals surface area contributed by atoms with Gasteiger partial charge in [-0.1, -0.05) is 27.7 Å². The first-order valence-corrected chi connectivity index (χ1v) is 6.51. The molecule has 0 aromatic heterocycles. The van der Waals surface area contributed by atoms with Crippen LogP contribution in [0.5, 0.6) is 0 Å². The van der Waals surface area contributed by atoms with Crippen molar-refractivity contribution >= 4 is 5.91 Å². The quantitative estimate of drug-likeness (QED) is 0.845. The van der Waals surface area contributed by atoms with Crippen LogP contribution in [0.2, 0.25) is 0 Å². The number of hydrogen-bond acceptors (Lipinski definition) is 2. The molecule has 0 radical (unpaired) electrons. The number of amides is 1. The van der Waals surface area contributed by atoms with Crippen LogP contribution in [0.25, 0.3) is 0 Å². The summed E-state index contributed by atoms with van der Waals surface area (Å²) in [4.78, 5) is 14.0. The second kappa shape index (κ2) is 5.95. The molecule has 0 spiro atoms. The highest BCUT2D eigenvalue weighted by atomic mass is 19.3. The second-order valence-corrected chi connectivity index (χ2v) is 6.30. The SMILES string of the molecule is CC1CC(NCC(F)F)CN(C(=O)C(C)(C)C)C1. The van der Waals surface area contributed by atoms with E-state index in [4.69, 9.17) is 0 Å². The summed E-state index contributed by atoms with van der Waals surface area (Å²) in [6.07, 6.45) is -1.49. The van der Waals surface area contributed by atoms with Crippen molar-refractivity contribution in [3.63, 3.8) is 0 Å². The molecule has 2 atom stereocenters. The minimum atomic E-state index is -2.34. The van der Waals surface area contributed by atoms with Gasteiger partial charge < -0.3 is 10.2 Å². The lowest BCUT2D eigenvalue weighted by atomic mass is 9.90. The van der Waals surface area contributed by atoms with Gasteiger partial charge in [0, 0.05) is 24.5 Å². The number of alkyl halides is 2. The maximum atomic E-state index is 12.2. The monoisotopic (exact) mass is 262 g/mol. The van der Waals surface area contributed by atoms with Gasteiger partial charge in [-0.15, -0.1) is 0 Å². The predicted molar refractivity (Wildman–Crippen MR) is 67.6 cm³/mol. The molecule has 0 bridgehead atoms. The first-order chi connectivity index (χ1) is 8.20. The van der Waals surface area contributed by atoms with Gasteiger partial charge in [0.05, 0.1) is 6.54 Å². The molecule has 1 rings (SSSR count). The van der Waals surface area contributed by atoms with Gasteiger partial charge in [-0.05, 0) is 12.3 Å². The van der Waals surface area contributed by atoms with E-state index in [-0.39, 0.29) is 18.5 Å². The summed E-state index contributed by atoms with van der Waals surface area (Å²) >= 11 is 0. The minimum absolute atomic E-state index is 0.0194. The number of piperidine rings is 1. The highest BCUT2D eigenvalue weighted by molar-refractivity contribution is 5.81. The van der Waals surface area contributed by atoms with Crippen LogP contribution >= 0.6 is 0 Å². The Morgan fingerprint density at radius 1 is 1.39 bits per heavy atom. The number of nitrogens with one attached hydrogen (secondary N) is 1. The van der Waals surface area contributed by atoms with Gasteiger partial charge in [-0.3, -0.25) is 4.79 Å². The van der Waals surface area contributed by atoms with Gasteiger partial charge in [-0.25, -0.2) is 8.78 Å². The molecule has 0 aromatic rings. The van der Waals surface area contributed by atoms with E-state index in [1.807, 2.05) is 20.8 Å². The van der Waals surface area contributed by atoms with Gasteiger partial charge in [0.25, 0.3) is 6.43 Å². The summed E-state index contributed by atoms with van der Waals surface area (Å²) in [6, 6.07) is -0.0194. The smallest absolute Gasteiger partial charge is 0.250 e. The summed E-state index contributed by atoms with van der Waals surface area (Å²) in [5.41, 5.74) is -0.412. The molecule has 5 heteroatoms. The van der Waals surface area contributed by atoms with Gasteiger partial charge >= 0.3 is 0 Å². The maximum absolute atomic E-state index is 12.2. The number of nitrogens with zero attached hydrogens (tertiary/aromatic N) is 1. The van der Waals surface area contributed by atoms with E-state index in [0.717, 1.165) is 13.0 Å². The van der Waals surface area contributed by atoms with Crippen molar-refractivity contribution in [2.45, 2.75) is 46.6 Å². The van der Waals surface area contributed by atoms with E-state index in [2.05, 4.69) is 12.2 Å². The van der Waals surface area contributed by atoms with Crippen molar-refractivity contribution in [1.29, 1.82) is 0 Å². The normalized spacial score (nSPS) is 25.6. The number of likely N-dealkylation sites (tertiary alicyclic amines) is 1. The molecule has 1 fully saturated rings. The highest BCUT2D eigenvalue weighted by Gasteiger charge is 2.33. The van der Waals surface area contributed by atoms with Crippen molar-refractivity contribution in [2.24, 2.45) is 11.3 Å². The van der Waals surface area contributed by atoms with Crippen molar-refractivity contribution < 1.29 is 13.6 Å². The molecule has 0 aromatic carbocycles. The molecule has 1 aliphatic rings. The van der Waals surface area contributed by atoms with Crippen molar-refractivity contribution in [3.8, 4) is 0 Å². The number of rotatable bonds is 3. The van der Waals surface area contributed by atoms with Crippen LogP contribution in [0.1, 0.15) is 34.1 Å².